The Morgan fingerprint density at radius 2 is 2.10 bits per heavy atom. The van der Waals surface area contributed by atoms with Crippen molar-refractivity contribution in [2.24, 2.45) is 0 Å². The first kappa shape index (κ1) is 27.0. The summed E-state index contributed by atoms with van der Waals surface area (Å²) in [6, 6.07) is 0.319. The molecule has 5 heterocycles. The summed E-state index contributed by atoms with van der Waals surface area (Å²) in [5, 5.41) is 9.01. The van der Waals surface area contributed by atoms with E-state index >= 15 is 8.78 Å². The van der Waals surface area contributed by atoms with Gasteiger partial charge in [0, 0.05) is 37.4 Å². The molecule has 1 amide bonds. The van der Waals surface area contributed by atoms with Gasteiger partial charge in [0.25, 0.3) is 5.56 Å². The molecule has 0 fully saturated rings. The van der Waals surface area contributed by atoms with E-state index in [-0.39, 0.29) is 31.0 Å². The lowest BCUT2D eigenvalue weighted by Gasteiger charge is -2.38. The number of amides is 1. The first-order chi connectivity index (χ1) is 20.6. The van der Waals surface area contributed by atoms with Crippen LogP contribution < -0.4 is 20.9 Å². The molecule has 0 saturated heterocycles. The number of aromatic nitrogens is 4. The number of fused-ring (bicyclic) bond motifs is 3. The summed E-state index contributed by atoms with van der Waals surface area (Å²) in [7, 11) is 0. The molecule has 3 aromatic rings. The number of hydrogen-bond donors (Lipinski definition) is 2. The number of pyridine rings is 2. The zero-order chi connectivity index (χ0) is 32.1. The first-order valence-corrected chi connectivity index (χ1v) is 13.1. The van der Waals surface area contributed by atoms with Crippen molar-refractivity contribution in [3.05, 3.63) is 86.2 Å². The minimum atomic E-state index is -2.98. The number of nitrogens with zero attached hydrogens (tertiary/aromatic N) is 4. The van der Waals surface area contributed by atoms with Crippen LogP contribution in [0.2, 0.25) is 5.02 Å². The second-order valence-corrected chi connectivity index (χ2v) is 10.7. The fraction of sp³-hybridized carbons (Fsp3) is 0.407. The van der Waals surface area contributed by atoms with Crippen LogP contribution in [0.15, 0.2) is 41.1 Å². The molecule has 2 aliphatic rings. The van der Waals surface area contributed by atoms with Crippen LogP contribution in [0.3, 0.4) is 0 Å². The van der Waals surface area contributed by atoms with Gasteiger partial charge in [-0.05, 0) is 19.4 Å². The van der Waals surface area contributed by atoms with Gasteiger partial charge in [-0.15, -0.1) is 0 Å². The van der Waals surface area contributed by atoms with Crippen molar-refractivity contribution >= 4 is 17.5 Å². The van der Waals surface area contributed by atoms with Crippen LogP contribution in [0.5, 0.6) is 5.75 Å². The van der Waals surface area contributed by atoms with Crippen molar-refractivity contribution in [1.29, 1.82) is 0 Å². The molecular formula is C27H27ClF4N6O4. The van der Waals surface area contributed by atoms with Gasteiger partial charge in [0.1, 0.15) is 34.5 Å². The highest BCUT2D eigenvalue weighted by Gasteiger charge is 2.42. The number of halogens is 5. The minimum absolute atomic E-state index is 0.0506. The standard InChI is InChI=1S/C27H27ClF4N6O4/c1-13(39)35-27(2,3)24-18(31)10-37(36-24)25-22(32)23-14(8-34-25)11-41-5-4-16-7-20(21(28)26(40)38(16)23)42-12-19-17(30)6-15(29)9-33-19/h6-10,22-23,25,34H,4-5,11-12H2,1-3H3,(H,35,39)/t22-,23?,25-/m0/s1/i12D2. The maximum absolute atomic E-state index is 16.5. The lowest BCUT2D eigenvalue weighted by Crippen LogP contribution is -2.47. The molecule has 3 atom stereocenters. The molecule has 0 aliphatic carbocycles. The Morgan fingerprint density at radius 3 is 2.81 bits per heavy atom. The molecule has 0 aromatic carbocycles. The molecule has 224 valence electrons. The van der Waals surface area contributed by atoms with Gasteiger partial charge in [0.15, 0.2) is 24.0 Å². The summed E-state index contributed by atoms with van der Waals surface area (Å²) < 4.78 is 88.6. The topological polar surface area (TPSA) is 112 Å². The molecule has 2 N–H and O–H groups in total. The summed E-state index contributed by atoms with van der Waals surface area (Å²) in [6.45, 7) is 1.39. The number of carbonyl (C=O) groups is 1. The number of nitrogens with one attached hydrogen (secondary N) is 2. The maximum Gasteiger partial charge on any atom is 0.274 e. The normalized spacial score (nSPS) is 21.4. The largest absolute Gasteiger partial charge is 0.485 e. The van der Waals surface area contributed by atoms with Gasteiger partial charge in [-0.3, -0.25) is 14.6 Å². The Kier molecular flexibility index (Phi) is 7.32. The Bertz CT molecular complexity index is 1720. The third-order valence-electron chi connectivity index (χ3n) is 6.82. The quantitative estimate of drug-likeness (QED) is 0.409. The molecule has 0 radical (unpaired) electrons. The van der Waals surface area contributed by atoms with Gasteiger partial charge in [-0.25, -0.2) is 22.2 Å². The third kappa shape index (κ3) is 5.60. The Morgan fingerprint density at radius 1 is 1.33 bits per heavy atom. The number of alkyl halides is 1. The summed E-state index contributed by atoms with van der Waals surface area (Å²) in [5.74, 6) is -4.05. The van der Waals surface area contributed by atoms with Crippen molar-refractivity contribution in [3.8, 4) is 5.75 Å². The van der Waals surface area contributed by atoms with Crippen molar-refractivity contribution in [1.82, 2.24) is 30.0 Å². The van der Waals surface area contributed by atoms with E-state index in [0.717, 1.165) is 15.4 Å². The fourth-order valence-corrected chi connectivity index (χ4v) is 5.18. The summed E-state index contributed by atoms with van der Waals surface area (Å²) >= 11 is 6.34. The van der Waals surface area contributed by atoms with Crippen LogP contribution >= 0.6 is 11.6 Å². The van der Waals surface area contributed by atoms with E-state index in [9.17, 15) is 18.4 Å². The second-order valence-electron chi connectivity index (χ2n) is 10.3. The molecule has 3 aromatic heterocycles. The first-order valence-electron chi connectivity index (χ1n) is 13.8. The highest BCUT2D eigenvalue weighted by molar-refractivity contribution is 6.31. The van der Waals surface area contributed by atoms with Gasteiger partial charge < -0.3 is 24.7 Å². The van der Waals surface area contributed by atoms with E-state index in [1.54, 1.807) is 0 Å². The summed E-state index contributed by atoms with van der Waals surface area (Å²) in [4.78, 5) is 28.7. The number of carbonyl (C=O) groups excluding carboxylic acids is 1. The maximum atomic E-state index is 16.5. The summed E-state index contributed by atoms with van der Waals surface area (Å²) in [6.07, 6.45) is -0.196. The number of hydrogen-bond acceptors (Lipinski definition) is 7. The molecule has 5 rings (SSSR count). The highest BCUT2D eigenvalue weighted by atomic mass is 35.5. The molecule has 10 nitrogen and oxygen atoms in total. The smallest absolute Gasteiger partial charge is 0.274 e. The Labute approximate surface area is 245 Å². The molecular weight excluding hydrogens is 584 g/mol. The Balaban J connectivity index is 1.54. The van der Waals surface area contributed by atoms with Crippen molar-refractivity contribution in [3.63, 3.8) is 0 Å². The lowest BCUT2D eigenvalue weighted by atomic mass is 9.96. The van der Waals surface area contributed by atoms with Gasteiger partial charge in [0.2, 0.25) is 5.91 Å². The van der Waals surface area contributed by atoms with Crippen LogP contribution in [0, 0.1) is 17.5 Å². The monoisotopic (exact) mass is 612 g/mol. The van der Waals surface area contributed by atoms with Crippen molar-refractivity contribution in [2.45, 2.75) is 57.7 Å². The predicted octanol–water partition coefficient (Wildman–Crippen LogP) is 3.60. The van der Waals surface area contributed by atoms with E-state index < -0.39 is 75.9 Å². The minimum Gasteiger partial charge on any atom is -0.485 e. The predicted molar refractivity (Wildman–Crippen MR) is 142 cm³/mol. The summed E-state index contributed by atoms with van der Waals surface area (Å²) in [5.41, 5.74) is -2.71. The molecule has 15 heteroatoms. The molecule has 1 unspecified atom stereocenters. The van der Waals surface area contributed by atoms with Crippen LogP contribution in [0.25, 0.3) is 0 Å². The molecule has 42 heavy (non-hydrogen) atoms. The average molecular weight is 613 g/mol. The van der Waals surface area contributed by atoms with E-state index in [4.69, 9.17) is 23.8 Å². The SMILES string of the molecule is [2H]C([2H])(Oc1cc2n(c(=O)c1Cl)C1C(=CN[C@@H](n3cc(F)c(C(C)(C)NC(C)=O)n3)[C@H]1F)COCC2)c1ncc(F)cc1F. The van der Waals surface area contributed by atoms with E-state index in [2.05, 4.69) is 20.7 Å². The van der Waals surface area contributed by atoms with E-state index in [0.29, 0.717) is 17.8 Å². The molecule has 0 saturated carbocycles. The van der Waals surface area contributed by atoms with E-state index in [1.165, 1.54) is 33.0 Å². The van der Waals surface area contributed by atoms with E-state index in [1.807, 2.05) is 0 Å². The van der Waals surface area contributed by atoms with Crippen LogP contribution in [-0.2, 0) is 28.1 Å². The van der Waals surface area contributed by atoms with Gasteiger partial charge in [-0.1, -0.05) is 11.6 Å². The van der Waals surface area contributed by atoms with Crippen molar-refractivity contribution in [2.75, 3.05) is 13.2 Å². The zero-order valence-corrected chi connectivity index (χ0v) is 23.3. The molecule has 0 bridgehead atoms. The van der Waals surface area contributed by atoms with Crippen LogP contribution in [0.1, 0.15) is 52.8 Å². The number of rotatable bonds is 6. The number of ether oxygens (including phenoxy) is 2. The Hall–Kier alpha value is -3.91. The van der Waals surface area contributed by atoms with Crippen LogP contribution in [-0.4, -0.2) is 44.6 Å². The third-order valence-corrected chi connectivity index (χ3v) is 7.17. The lowest BCUT2D eigenvalue weighted by molar-refractivity contribution is -0.120. The highest BCUT2D eigenvalue weighted by Crippen LogP contribution is 2.37. The fourth-order valence-electron chi connectivity index (χ4n) is 5.00. The molecule has 0 spiro atoms. The van der Waals surface area contributed by atoms with Gasteiger partial charge in [-0.2, -0.15) is 5.10 Å². The van der Waals surface area contributed by atoms with Crippen molar-refractivity contribution < 1.29 is 34.6 Å². The van der Waals surface area contributed by atoms with Crippen LogP contribution in [0.4, 0.5) is 17.6 Å². The van der Waals surface area contributed by atoms with Gasteiger partial charge >= 0.3 is 0 Å². The zero-order valence-electron chi connectivity index (χ0n) is 24.6. The van der Waals surface area contributed by atoms with Gasteiger partial charge in [0.05, 0.1) is 39.9 Å². The molecule has 2 aliphatic heterocycles. The average Bonchev–Trinajstić information content (AvgIpc) is 3.30. The second kappa shape index (κ2) is 11.4.